The lowest BCUT2D eigenvalue weighted by Crippen LogP contribution is -2.30. The first kappa shape index (κ1) is 62.4. The molecule has 0 unspecified atom stereocenters. The minimum Gasteiger partial charge on any atom is -0.462 e. The van der Waals surface area contributed by atoms with Gasteiger partial charge in [-0.25, -0.2) is 0 Å². The third kappa shape index (κ3) is 51.4. The maximum absolute atomic E-state index is 12.8. The van der Waals surface area contributed by atoms with Gasteiger partial charge in [0.05, 0.1) is 0 Å². The summed E-state index contributed by atoms with van der Waals surface area (Å²) in [4.78, 5) is 38.1. The molecule has 0 spiro atoms. The van der Waals surface area contributed by atoms with E-state index in [2.05, 4.69) is 41.5 Å². The third-order valence-electron chi connectivity index (χ3n) is 13.1. The van der Waals surface area contributed by atoms with Crippen molar-refractivity contribution >= 4 is 17.9 Å². The Morgan fingerprint density at radius 1 is 0.266 bits per heavy atom. The molecule has 0 aromatic heterocycles. The number of hydrogen-bond donors (Lipinski definition) is 0. The van der Waals surface area contributed by atoms with Crippen molar-refractivity contribution in [3.8, 4) is 0 Å². The SMILES string of the molecule is CC(C)CCCCCCCCCCCCCCCCCCCCC(=O)O[C@@H](COC(=O)CCCCCCCCCCCCCC(C)C)COC(=O)CCCCCCCCCCC(C)C. The highest BCUT2D eigenvalue weighted by molar-refractivity contribution is 5.71. The Kier molecular flexibility index (Phi) is 48.1. The molecule has 0 saturated heterocycles. The minimum atomic E-state index is -0.763. The van der Waals surface area contributed by atoms with Crippen LogP contribution in [0.4, 0.5) is 0 Å². The Morgan fingerprint density at radius 3 is 0.672 bits per heavy atom. The molecular weight excluding hydrogens is 793 g/mol. The average molecular weight is 906 g/mol. The van der Waals surface area contributed by atoms with Gasteiger partial charge in [0.2, 0.25) is 0 Å². The predicted octanol–water partition coefficient (Wildman–Crippen LogP) is 18.7. The summed E-state index contributed by atoms with van der Waals surface area (Å²) >= 11 is 0. The van der Waals surface area contributed by atoms with Crippen LogP contribution in [0.5, 0.6) is 0 Å². The van der Waals surface area contributed by atoms with Crippen molar-refractivity contribution in [1.82, 2.24) is 0 Å². The van der Waals surface area contributed by atoms with Crippen molar-refractivity contribution in [3.63, 3.8) is 0 Å². The molecule has 0 bridgehead atoms. The fourth-order valence-electron chi connectivity index (χ4n) is 8.82. The zero-order valence-electron chi connectivity index (χ0n) is 44.1. The van der Waals surface area contributed by atoms with E-state index in [1.54, 1.807) is 0 Å². The Bertz CT molecular complexity index is 991. The minimum absolute atomic E-state index is 0.0642. The quantitative estimate of drug-likeness (QED) is 0.0344. The molecule has 0 fully saturated rings. The molecule has 0 aliphatic carbocycles. The number of carbonyl (C=O) groups is 3. The summed E-state index contributed by atoms with van der Waals surface area (Å²) in [5.41, 5.74) is 0. The van der Waals surface area contributed by atoms with E-state index in [-0.39, 0.29) is 31.1 Å². The van der Waals surface area contributed by atoms with E-state index in [4.69, 9.17) is 14.2 Å². The van der Waals surface area contributed by atoms with E-state index in [9.17, 15) is 14.4 Å². The normalized spacial score (nSPS) is 12.1. The molecule has 0 aromatic rings. The Balaban J connectivity index is 4.24. The molecule has 0 N–H and O–H groups in total. The second kappa shape index (κ2) is 49.3. The van der Waals surface area contributed by atoms with E-state index in [0.29, 0.717) is 19.3 Å². The van der Waals surface area contributed by atoms with Gasteiger partial charge in [-0.05, 0) is 37.0 Å². The van der Waals surface area contributed by atoms with Gasteiger partial charge in [0.1, 0.15) is 13.2 Å². The molecule has 380 valence electrons. The van der Waals surface area contributed by atoms with Gasteiger partial charge in [0.15, 0.2) is 6.10 Å². The van der Waals surface area contributed by atoms with E-state index in [1.807, 2.05) is 0 Å². The van der Waals surface area contributed by atoms with Gasteiger partial charge < -0.3 is 14.2 Å². The number of unbranched alkanes of at least 4 members (excludes halogenated alkanes) is 34. The van der Waals surface area contributed by atoms with Crippen molar-refractivity contribution in [2.45, 2.75) is 324 Å². The monoisotopic (exact) mass is 905 g/mol. The lowest BCUT2D eigenvalue weighted by atomic mass is 10.0. The lowest BCUT2D eigenvalue weighted by Gasteiger charge is -2.18. The second-order valence-corrected chi connectivity index (χ2v) is 21.4. The summed E-state index contributed by atoms with van der Waals surface area (Å²) in [6.45, 7) is 13.7. The van der Waals surface area contributed by atoms with E-state index in [1.165, 1.54) is 199 Å². The molecule has 0 aliphatic heterocycles. The Hall–Kier alpha value is -1.59. The van der Waals surface area contributed by atoms with Crippen molar-refractivity contribution in [2.75, 3.05) is 13.2 Å². The van der Waals surface area contributed by atoms with Crippen LogP contribution in [0.15, 0.2) is 0 Å². The third-order valence-corrected chi connectivity index (χ3v) is 13.1. The molecule has 0 rings (SSSR count). The van der Waals surface area contributed by atoms with Crippen molar-refractivity contribution in [1.29, 1.82) is 0 Å². The highest BCUT2D eigenvalue weighted by Gasteiger charge is 2.19. The largest absolute Gasteiger partial charge is 0.462 e. The molecule has 64 heavy (non-hydrogen) atoms. The number of esters is 3. The molecule has 0 radical (unpaired) electrons. The van der Waals surface area contributed by atoms with E-state index in [0.717, 1.165) is 75.5 Å². The van der Waals surface area contributed by atoms with Gasteiger partial charge >= 0.3 is 17.9 Å². The Labute approximate surface area is 399 Å². The molecule has 0 amide bonds. The first-order chi connectivity index (χ1) is 31.1. The zero-order valence-corrected chi connectivity index (χ0v) is 44.1. The molecule has 1 atom stereocenters. The van der Waals surface area contributed by atoms with Gasteiger partial charge in [0, 0.05) is 19.3 Å². The van der Waals surface area contributed by atoms with Crippen LogP contribution in [0.3, 0.4) is 0 Å². The van der Waals surface area contributed by atoms with Gasteiger partial charge in [-0.2, -0.15) is 0 Å². The fraction of sp³-hybridized carbons (Fsp3) is 0.948. The van der Waals surface area contributed by atoms with Gasteiger partial charge in [0.25, 0.3) is 0 Å². The summed E-state index contributed by atoms with van der Waals surface area (Å²) in [5.74, 6) is 1.63. The summed E-state index contributed by atoms with van der Waals surface area (Å²) in [6, 6.07) is 0. The maximum atomic E-state index is 12.8. The molecule has 0 aliphatic rings. The molecule has 6 heteroatoms. The topological polar surface area (TPSA) is 78.9 Å². The second-order valence-electron chi connectivity index (χ2n) is 21.4. The Morgan fingerprint density at radius 2 is 0.453 bits per heavy atom. The molecule has 6 nitrogen and oxygen atoms in total. The highest BCUT2D eigenvalue weighted by atomic mass is 16.6. The van der Waals surface area contributed by atoms with Crippen LogP contribution >= 0.6 is 0 Å². The van der Waals surface area contributed by atoms with Crippen LogP contribution in [-0.4, -0.2) is 37.2 Å². The summed E-state index contributed by atoms with van der Waals surface area (Å²) in [5, 5.41) is 0. The highest BCUT2D eigenvalue weighted by Crippen LogP contribution is 2.18. The summed E-state index contributed by atoms with van der Waals surface area (Å²) in [6.07, 6.45) is 51.0. The lowest BCUT2D eigenvalue weighted by molar-refractivity contribution is -0.167. The van der Waals surface area contributed by atoms with Crippen LogP contribution in [0.2, 0.25) is 0 Å². The number of carbonyl (C=O) groups excluding carboxylic acids is 3. The van der Waals surface area contributed by atoms with Crippen molar-refractivity contribution in [2.24, 2.45) is 17.8 Å². The maximum Gasteiger partial charge on any atom is 0.306 e. The number of rotatable bonds is 51. The predicted molar refractivity (Wildman–Crippen MR) is 275 cm³/mol. The van der Waals surface area contributed by atoms with Crippen molar-refractivity contribution < 1.29 is 28.6 Å². The molecular formula is C58H112O6. The van der Waals surface area contributed by atoms with Gasteiger partial charge in [-0.15, -0.1) is 0 Å². The first-order valence-electron chi connectivity index (χ1n) is 28.6. The smallest absolute Gasteiger partial charge is 0.306 e. The zero-order chi connectivity index (χ0) is 47.0. The van der Waals surface area contributed by atoms with Crippen LogP contribution in [0.25, 0.3) is 0 Å². The number of hydrogen-bond acceptors (Lipinski definition) is 6. The average Bonchev–Trinajstić information content (AvgIpc) is 3.25. The summed E-state index contributed by atoms with van der Waals surface area (Å²) < 4.78 is 16.9. The van der Waals surface area contributed by atoms with Crippen LogP contribution in [-0.2, 0) is 28.6 Å². The number of ether oxygens (including phenoxy) is 3. The van der Waals surface area contributed by atoms with Gasteiger partial charge in [-0.3, -0.25) is 14.4 Å². The molecule has 0 heterocycles. The van der Waals surface area contributed by atoms with E-state index >= 15 is 0 Å². The molecule has 0 aromatic carbocycles. The van der Waals surface area contributed by atoms with E-state index < -0.39 is 6.10 Å². The van der Waals surface area contributed by atoms with Gasteiger partial charge in [-0.1, -0.05) is 279 Å². The van der Waals surface area contributed by atoms with Crippen LogP contribution in [0.1, 0.15) is 318 Å². The first-order valence-corrected chi connectivity index (χ1v) is 28.6. The molecule has 0 saturated carbocycles. The summed E-state index contributed by atoms with van der Waals surface area (Å²) in [7, 11) is 0. The van der Waals surface area contributed by atoms with Crippen LogP contribution in [0, 0.1) is 17.8 Å². The van der Waals surface area contributed by atoms with Crippen LogP contribution < -0.4 is 0 Å². The van der Waals surface area contributed by atoms with Crippen molar-refractivity contribution in [3.05, 3.63) is 0 Å². The standard InChI is InChI=1S/C58H112O6/c1-52(2)44-38-32-26-20-16-13-11-9-7-8-10-12-14-18-23-31-37-43-49-58(61)64-55(51-63-57(60)48-42-36-30-25-24-28-34-40-46-54(5)6)50-62-56(59)47-41-35-29-22-19-15-17-21-27-33-39-45-53(3)4/h52-55H,7-51H2,1-6H3/t55-/m0/s1. The fourth-order valence-corrected chi connectivity index (χ4v) is 8.82.